The Morgan fingerprint density at radius 1 is 1.43 bits per heavy atom. The summed E-state index contributed by atoms with van der Waals surface area (Å²) in [5.41, 5.74) is 0.959. The Balaban J connectivity index is 2.58. The normalized spacial score (nSPS) is 13.1. The number of rotatable bonds is 6. The van der Waals surface area contributed by atoms with E-state index in [9.17, 15) is 5.11 Å². The molecule has 1 unspecified atom stereocenters. The predicted molar refractivity (Wildman–Crippen MR) is 57.0 cm³/mol. The van der Waals surface area contributed by atoms with Gasteiger partial charge >= 0.3 is 0 Å². The van der Waals surface area contributed by atoms with Gasteiger partial charge < -0.3 is 5.11 Å². The molecule has 3 nitrogen and oxygen atoms in total. The lowest BCUT2D eigenvalue weighted by molar-refractivity contribution is 0.153. The van der Waals surface area contributed by atoms with E-state index in [1.54, 1.807) is 6.20 Å². The maximum Gasteiger partial charge on any atom is 0.0956 e. The van der Waals surface area contributed by atoms with Crippen LogP contribution in [0.15, 0.2) is 12.3 Å². The minimum absolute atomic E-state index is 0.344. The molecular formula is C11H20N2O. The fraction of sp³-hybridized carbons (Fsp3) is 0.727. The van der Waals surface area contributed by atoms with Crippen molar-refractivity contribution in [3.63, 3.8) is 0 Å². The summed E-state index contributed by atoms with van der Waals surface area (Å²) >= 11 is 0. The summed E-state index contributed by atoms with van der Waals surface area (Å²) in [7, 11) is 0. The molecule has 0 saturated carbocycles. The highest BCUT2D eigenvalue weighted by Crippen LogP contribution is 2.18. The number of aliphatic hydroxyl groups excluding tert-OH is 1. The highest BCUT2D eigenvalue weighted by atomic mass is 16.3. The molecule has 0 amide bonds. The quantitative estimate of drug-likeness (QED) is 0.759. The predicted octanol–water partition coefficient (Wildman–Crippen LogP) is 2.52. The first kappa shape index (κ1) is 11.2. The molecule has 3 heteroatoms. The number of aliphatic hydroxyl groups is 1. The van der Waals surface area contributed by atoms with Gasteiger partial charge in [0.25, 0.3) is 0 Å². The van der Waals surface area contributed by atoms with Gasteiger partial charge in [-0.15, -0.1) is 0 Å². The van der Waals surface area contributed by atoms with Crippen molar-refractivity contribution >= 4 is 0 Å². The monoisotopic (exact) mass is 196 g/mol. The third-order valence-corrected chi connectivity index (χ3v) is 2.36. The minimum Gasteiger partial charge on any atom is -0.387 e. The van der Waals surface area contributed by atoms with E-state index in [2.05, 4.69) is 18.9 Å². The van der Waals surface area contributed by atoms with E-state index in [4.69, 9.17) is 0 Å². The number of hydrogen-bond donors (Lipinski definition) is 1. The smallest absolute Gasteiger partial charge is 0.0956 e. The third-order valence-electron chi connectivity index (χ3n) is 2.36. The Morgan fingerprint density at radius 3 is 2.86 bits per heavy atom. The second-order valence-electron chi connectivity index (χ2n) is 3.64. The average molecular weight is 196 g/mol. The molecule has 0 saturated heterocycles. The number of aromatic nitrogens is 2. The van der Waals surface area contributed by atoms with Crippen LogP contribution in [0.3, 0.4) is 0 Å². The van der Waals surface area contributed by atoms with Crippen molar-refractivity contribution in [3.05, 3.63) is 18.0 Å². The highest BCUT2D eigenvalue weighted by molar-refractivity contribution is 5.04. The summed E-state index contributed by atoms with van der Waals surface area (Å²) in [6.07, 6.45) is 5.50. The Hall–Kier alpha value is -0.830. The second kappa shape index (κ2) is 5.81. The van der Waals surface area contributed by atoms with Gasteiger partial charge in [-0.25, -0.2) is 0 Å². The number of hydrogen-bond acceptors (Lipinski definition) is 2. The number of aryl methyl sites for hydroxylation is 1. The van der Waals surface area contributed by atoms with Gasteiger partial charge in [0.15, 0.2) is 0 Å². The van der Waals surface area contributed by atoms with Crippen LogP contribution >= 0.6 is 0 Å². The van der Waals surface area contributed by atoms with Gasteiger partial charge in [-0.05, 0) is 18.9 Å². The van der Waals surface area contributed by atoms with E-state index in [0.29, 0.717) is 0 Å². The topological polar surface area (TPSA) is 38.1 Å². The van der Waals surface area contributed by atoms with Crippen LogP contribution in [-0.4, -0.2) is 14.9 Å². The maximum atomic E-state index is 9.89. The van der Waals surface area contributed by atoms with E-state index < -0.39 is 0 Å². The number of nitrogens with zero attached hydrogens (tertiary/aromatic N) is 2. The molecule has 14 heavy (non-hydrogen) atoms. The first-order chi connectivity index (χ1) is 6.79. The molecule has 1 heterocycles. The summed E-state index contributed by atoms with van der Waals surface area (Å²) in [4.78, 5) is 0. The summed E-state index contributed by atoms with van der Waals surface area (Å²) in [6, 6.07) is 1.91. The molecule has 0 aromatic carbocycles. The zero-order chi connectivity index (χ0) is 10.4. The van der Waals surface area contributed by atoms with Crippen LogP contribution in [0.2, 0.25) is 0 Å². The van der Waals surface area contributed by atoms with E-state index in [1.807, 2.05) is 10.7 Å². The molecule has 80 valence electrons. The van der Waals surface area contributed by atoms with Crippen molar-refractivity contribution in [2.24, 2.45) is 0 Å². The second-order valence-corrected chi connectivity index (χ2v) is 3.64. The van der Waals surface area contributed by atoms with E-state index >= 15 is 0 Å². The lowest BCUT2D eigenvalue weighted by Crippen LogP contribution is -2.08. The zero-order valence-corrected chi connectivity index (χ0v) is 9.11. The van der Waals surface area contributed by atoms with Gasteiger partial charge in [-0.3, -0.25) is 4.68 Å². The lowest BCUT2D eigenvalue weighted by atomic mass is 10.1. The lowest BCUT2D eigenvalue weighted by Gasteiger charge is -2.12. The molecule has 1 N–H and O–H groups in total. The molecule has 0 spiro atoms. The first-order valence-electron chi connectivity index (χ1n) is 5.49. The average Bonchev–Trinajstić information content (AvgIpc) is 2.63. The van der Waals surface area contributed by atoms with Crippen LogP contribution in [0, 0.1) is 0 Å². The van der Waals surface area contributed by atoms with Crippen molar-refractivity contribution in [1.82, 2.24) is 9.78 Å². The van der Waals surface area contributed by atoms with Crippen molar-refractivity contribution in [1.29, 1.82) is 0 Å². The fourth-order valence-corrected chi connectivity index (χ4v) is 1.57. The maximum absolute atomic E-state index is 9.89. The standard InChI is InChI=1S/C11H20N2O/c1-3-5-6-11(14)10-7-8-12-13(10)9-4-2/h7-8,11,14H,3-6,9H2,1-2H3. The molecule has 0 bridgehead atoms. The Labute approximate surface area is 85.8 Å². The minimum atomic E-state index is -0.344. The molecule has 0 fully saturated rings. The number of unbranched alkanes of at least 4 members (excludes halogenated alkanes) is 1. The highest BCUT2D eigenvalue weighted by Gasteiger charge is 2.11. The van der Waals surface area contributed by atoms with Gasteiger partial charge in [0.2, 0.25) is 0 Å². The van der Waals surface area contributed by atoms with E-state index in [-0.39, 0.29) is 6.10 Å². The Kier molecular flexibility index (Phi) is 4.66. The fourth-order valence-electron chi connectivity index (χ4n) is 1.57. The largest absolute Gasteiger partial charge is 0.387 e. The van der Waals surface area contributed by atoms with Crippen LogP contribution < -0.4 is 0 Å². The molecular weight excluding hydrogens is 176 g/mol. The van der Waals surface area contributed by atoms with Crippen LogP contribution in [0.25, 0.3) is 0 Å². The summed E-state index contributed by atoms with van der Waals surface area (Å²) < 4.78 is 1.90. The molecule has 1 aromatic rings. The molecule has 1 rings (SSSR count). The van der Waals surface area contributed by atoms with E-state index in [1.165, 1.54) is 0 Å². The van der Waals surface area contributed by atoms with Crippen molar-refractivity contribution in [3.8, 4) is 0 Å². The van der Waals surface area contributed by atoms with Crippen molar-refractivity contribution in [2.45, 2.75) is 52.2 Å². The molecule has 0 aliphatic carbocycles. The van der Waals surface area contributed by atoms with Gasteiger partial charge in [0.05, 0.1) is 11.8 Å². The van der Waals surface area contributed by atoms with Crippen molar-refractivity contribution in [2.75, 3.05) is 0 Å². The van der Waals surface area contributed by atoms with Gasteiger partial charge in [0, 0.05) is 12.7 Å². The molecule has 0 aliphatic rings. The zero-order valence-electron chi connectivity index (χ0n) is 9.11. The SMILES string of the molecule is CCCCC(O)c1ccnn1CCC. The molecule has 1 atom stereocenters. The van der Waals surface area contributed by atoms with E-state index in [0.717, 1.165) is 37.9 Å². The summed E-state index contributed by atoms with van der Waals surface area (Å²) in [6.45, 7) is 5.14. The molecule has 0 aliphatic heterocycles. The Morgan fingerprint density at radius 2 is 2.21 bits per heavy atom. The first-order valence-corrected chi connectivity index (χ1v) is 5.49. The van der Waals surface area contributed by atoms with Gasteiger partial charge in [-0.1, -0.05) is 26.7 Å². The van der Waals surface area contributed by atoms with Crippen LogP contribution in [0.5, 0.6) is 0 Å². The van der Waals surface area contributed by atoms with Crippen LogP contribution in [-0.2, 0) is 6.54 Å². The summed E-state index contributed by atoms with van der Waals surface area (Å²) in [5.74, 6) is 0. The van der Waals surface area contributed by atoms with Crippen LogP contribution in [0.1, 0.15) is 51.3 Å². The third kappa shape index (κ3) is 2.84. The molecule has 1 aromatic heterocycles. The van der Waals surface area contributed by atoms with Gasteiger partial charge in [-0.2, -0.15) is 5.10 Å². The van der Waals surface area contributed by atoms with Gasteiger partial charge in [0.1, 0.15) is 0 Å². The molecule has 0 radical (unpaired) electrons. The van der Waals surface area contributed by atoms with Crippen molar-refractivity contribution < 1.29 is 5.11 Å². The Bertz CT molecular complexity index is 258. The van der Waals surface area contributed by atoms with Crippen LogP contribution in [0.4, 0.5) is 0 Å². The summed E-state index contributed by atoms with van der Waals surface area (Å²) in [5, 5.41) is 14.1.